The van der Waals surface area contributed by atoms with Gasteiger partial charge in [-0.3, -0.25) is 14.3 Å². The molecule has 1 amide bonds. The number of amides is 1. The first kappa shape index (κ1) is 26.9. The van der Waals surface area contributed by atoms with E-state index in [4.69, 9.17) is 5.10 Å². The van der Waals surface area contributed by atoms with E-state index in [1.54, 1.807) is 0 Å². The number of carbonyl (C=O) groups is 1. The molecule has 38 heavy (non-hydrogen) atoms. The van der Waals surface area contributed by atoms with Crippen LogP contribution in [0.4, 0.5) is 20.2 Å². The van der Waals surface area contributed by atoms with Crippen LogP contribution in [0.5, 0.6) is 0 Å². The Balaban J connectivity index is 0.00000164. The van der Waals surface area contributed by atoms with Gasteiger partial charge < -0.3 is 16.0 Å². The number of aromatic nitrogens is 4. The Bertz CT molecular complexity index is 1520. The number of hydrogen-bond acceptors (Lipinski definition) is 6. The van der Waals surface area contributed by atoms with E-state index in [0.717, 1.165) is 66.4 Å². The lowest BCUT2D eigenvalue weighted by Crippen LogP contribution is -2.27. The molecule has 0 aliphatic carbocycles. The molecule has 1 fully saturated rings. The standard InChI is InChI=1S/C26H26F2N6O2.CH5N/c1-15(2)33-21-11-9-19(25(23(21)16(3)30-33)32-13-4-5-14-32)29-26(36)20-10-12-22(35)34(31-20)24-17(27)7-6-8-18(24)28;1-2/h6-12,15H,4-5,13-14H2,1-3H3,(H,29,36);2H2,1H3. The summed E-state index contributed by atoms with van der Waals surface area (Å²) in [5.74, 6) is -2.52. The second-order valence-electron chi connectivity index (χ2n) is 9.17. The van der Waals surface area contributed by atoms with Gasteiger partial charge in [-0.25, -0.2) is 8.78 Å². The SMILES string of the molecule is CN.Cc1nn(C(C)C)c2ccc(NC(=O)c3ccc(=O)n(-c4c(F)cccc4F)n3)c(N3CCCC3)c12. The minimum absolute atomic E-state index is 0.153. The van der Waals surface area contributed by atoms with E-state index in [-0.39, 0.29) is 11.7 Å². The fraction of sp³-hybridized carbons (Fsp3) is 0.333. The molecular weight excluding hydrogens is 492 g/mol. The fourth-order valence-corrected chi connectivity index (χ4v) is 4.73. The lowest BCUT2D eigenvalue weighted by Gasteiger charge is -2.23. The van der Waals surface area contributed by atoms with E-state index in [1.807, 2.05) is 23.7 Å². The fourth-order valence-electron chi connectivity index (χ4n) is 4.73. The lowest BCUT2D eigenvalue weighted by atomic mass is 10.1. The number of anilines is 2. The van der Waals surface area contributed by atoms with Crippen molar-refractivity contribution in [3.8, 4) is 5.69 Å². The monoisotopic (exact) mass is 523 g/mol. The van der Waals surface area contributed by atoms with Crippen LogP contribution in [-0.4, -0.2) is 45.6 Å². The van der Waals surface area contributed by atoms with Crippen LogP contribution in [0.2, 0.25) is 0 Å². The summed E-state index contributed by atoms with van der Waals surface area (Å²) in [6, 6.07) is 9.46. The molecule has 11 heteroatoms. The molecule has 0 spiro atoms. The first-order chi connectivity index (χ1) is 18.3. The van der Waals surface area contributed by atoms with Gasteiger partial charge in [-0.05, 0) is 71.0 Å². The number of benzene rings is 2. The Hall–Kier alpha value is -4.12. The van der Waals surface area contributed by atoms with Gasteiger partial charge in [0, 0.05) is 30.6 Å². The number of rotatable bonds is 5. The summed E-state index contributed by atoms with van der Waals surface area (Å²) in [6.07, 6.45) is 2.09. The summed E-state index contributed by atoms with van der Waals surface area (Å²) < 4.78 is 31.2. The Labute approximate surface area is 218 Å². The first-order valence-corrected chi connectivity index (χ1v) is 12.5. The highest BCUT2D eigenvalue weighted by atomic mass is 19.1. The third kappa shape index (κ3) is 4.89. The smallest absolute Gasteiger partial charge is 0.276 e. The average molecular weight is 524 g/mol. The first-order valence-electron chi connectivity index (χ1n) is 12.5. The van der Waals surface area contributed by atoms with Gasteiger partial charge in [0.1, 0.15) is 11.4 Å². The van der Waals surface area contributed by atoms with Gasteiger partial charge in [-0.2, -0.15) is 14.9 Å². The molecule has 0 unspecified atom stereocenters. The highest BCUT2D eigenvalue weighted by Crippen LogP contribution is 2.39. The van der Waals surface area contributed by atoms with Crippen molar-refractivity contribution < 1.29 is 13.6 Å². The van der Waals surface area contributed by atoms with E-state index >= 15 is 0 Å². The number of nitrogens with one attached hydrogen (secondary N) is 1. The average Bonchev–Trinajstić information content (AvgIpc) is 3.55. The van der Waals surface area contributed by atoms with E-state index < -0.39 is 28.8 Å². The summed E-state index contributed by atoms with van der Waals surface area (Å²) >= 11 is 0. The summed E-state index contributed by atoms with van der Waals surface area (Å²) in [6.45, 7) is 7.78. The highest BCUT2D eigenvalue weighted by Gasteiger charge is 2.25. The van der Waals surface area contributed by atoms with Crippen LogP contribution in [0.3, 0.4) is 0 Å². The molecule has 9 nitrogen and oxygen atoms in total. The molecule has 0 saturated carbocycles. The van der Waals surface area contributed by atoms with Crippen LogP contribution < -0.4 is 21.5 Å². The van der Waals surface area contributed by atoms with E-state index in [9.17, 15) is 18.4 Å². The largest absolute Gasteiger partial charge is 0.369 e. The number of nitrogens with two attached hydrogens (primary N) is 1. The molecule has 0 atom stereocenters. The number of aryl methyl sites for hydroxylation is 1. The van der Waals surface area contributed by atoms with E-state index in [1.165, 1.54) is 19.2 Å². The molecule has 1 aliphatic rings. The van der Waals surface area contributed by atoms with Gasteiger partial charge in [0.15, 0.2) is 11.6 Å². The topological polar surface area (TPSA) is 111 Å². The van der Waals surface area contributed by atoms with Crippen molar-refractivity contribution in [3.05, 3.63) is 75.8 Å². The minimum atomic E-state index is -0.957. The molecule has 200 valence electrons. The number of hydrogen-bond donors (Lipinski definition) is 2. The third-order valence-electron chi connectivity index (χ3n) is 6.36. The lowest BCUT2D eigenvalue weighted by molar-refractivity contribution is 0.102. The van der Waals surface area contributed by atoms with Crippen LogP contribution >= 0.6 is 0 Å². The maximum atomic E-state index is 14.3. The number of carbonyl (C=O) groups excluding carboxylic acids is 1. The minimum Gasteiger partial charge on any atom is -0.369 e. The van der Waals surface area contributed by atoms with Gasteiger partial charge in [-0.15, -0.1) is 0 Å². The Morgan fingerprint density at radius 2 is 1.63 bits per heavy atom. The molecule has 2 aromatic heterocycles. The Morgan fingerprint density at radius 3 is 2.26 bits per heavy atom. The molecule has 3 N–H and O–H groups in total. The molecule has 1 saturated heterocycles. The van der Waals surface area contributed by atoms with Crippen molar-refractivity contribution in [2.75, 3.05) is 30.4 Å². The van der Waals surface area contributed by atoms with Gasteiger partial charge in [0.25, 0.3) is 11.5 Å². The quantitative estimate of drug-likeness (QED) is 0.406. The number of fused-ring (bicyclic) bond motifs is 1. The molecular formula is C27H31F2N7O2. The van der Waals surface area contributed by atoms with Crippen molar-refractivity contribution in [3.63, 3.8) is 0 Å². The van der Waals surface area contributed by atoms with Crippen molar-refractivity contribution in [2.24, 2.45) is 5.73 Å². The summed E-state index contributed by atoms with van der Waals surface area (Å²) in [5.41, 5.74) is 6.26. The summed E-state index contributed by atoms with van der Waals surface area (Å²) in [4.78, 5) is 27.8. The molecule has 3 heterocycles. The highest BCUT2D eigenvalue weighted by molar-refractivity contribution is 6.09. The van der Waals surface area contributed by atoms with Crippen LogP contribution in [0.15, 0.2) is 47.3 Å². The van der Waals surface area contributed by atoms with Crippen LogP contribution in [0, 0.1) is 18.6 Å². The van der Waals surface area contributed by atoms with Crippen LogP contribution in [0.1, 0.15) is 48.9 Å². The molecule has 5 rings (SSSR count). The summed E-state index contributed by atoms with van der Waals surface area (Å²) in [5, 5.41) is 12.6. The van der Waals surface area contributed by atoms with E-state index in [0.29, 0.717) is 10.4 Å². The van der Waals surface area contributed by atoms with Crippen LogP contribution in [0.25, 0.3) is 16.6 Å². The summed E-state index contributed by atoms with van der Waals surface area (Å²) in [7, 11) is 1.50. The molecule has 0 bridgehead atoms. The second-order valence-corrected chi connectivity index (χ2v) is 9.17. The maximum absolute atomic E-state index is 14.3. The van der Waals surface area contributed by atoms with Crippen molar-refractivity contribution in [1.82, 2.24) is 19.6 Å². The number of para-hydroxylation sites is 1. The molecule has 1 aliphatic heterocycles. The molecule has 0 radical (unpaired) electrons. The molecule has 4 aromatic rings. The predicted molar refractivity (Wildman–Crippen MR) is 144 cm³/mol. The third-order valence-corrected chi connectivity index (χ3v) is 6.36. The predicted octanol–water partition coefficient (Wildman–Crippen LogP) is 4.18. The number of nitrogens with zero attached hydrogens (tertiary/aromatic N) is 5. The van der Waals surface area contributed by atoms with Gasteiger partial charge in [0.05, 0.1) is 22.6 Å². The maximum Gasteiger partial charge on any atom is 0.276 e. The normalized spacial score (nSPS) is 13.1. The van der Waals surface area contributed by atoms with Gasteiger partial charge in [-0.1, -0.05) is 6.07 Å². The zero-order valence-corrected chi connectivity index (χ0v) is 21.8. The van der Waals surface area contributed by atoms with Crippen molar-refractivity contribution in [2.45, 2.75) is 39.7 Å². The van der Waals surface area contributed by atoms with Crippen molar-refractivity contribution in [1.29, 1.82) is 0 Å². The number of halogens is 2. The zero-order valence-electron chi connectivity index (χ0n) is 21.8. The van der Waals surface area contributed by atoms with E-state index in [2.05, 4.69) is 34.9 Å². The van der Waals surface area contributed by atoms with Gasteiger partial charge in [0.2, 0.25) is 0 Å². The van der Waals surface area contributed by atoms with Gasteiger partial charge >= 0.3 is 0 Å². The second kappa shape index (κ2) is 11.1. The van der Waals surface area contributed by atoms with Crippen LogP contribution in [-0.2, 0) is 0 Å². The Kier molecular flexibility index (Phi) is 7.86. The molecule has 2 aromatic carbocycles. The Morgan fingerprint density at radius 1 is 0.974 bits per heavy atom. The van der Waals surface area contributed by atoms with Crippen molar-refractivity contribution >= 4 is 28.2 Å². The zero-order chi connectivity index (χ0) is 27.6.